The first kappa shape index (κ1) is 13.1. The van der Waals surface area contributed by atoms with E-state index in [2.05, 4.69) is 0 Å². The molecule has 1 aromatic rings. The minimum absolute atomic E-state index is 0.241. The Morgan fingerprint density at radius 2 is 1.78 bits per heavy atom. The van der Waals surface area contributed by atoms with Crippen LogP contribution in [0.3, 0.4) is 0 Å². The molecule has 0 spiro atoms. The maximum absolute atomic E-state index is 6.21. The molecule has 0 radical (unpaired) electrons. The zero-order valence-electron chi connectivity index (χ0n) is 10.7. The highest BCUT2D eigenvalue weighted by Gasteiger charge is 2.24. The Hall–Kier alpha value is -1.30. The van der Waals surface area contributed by atoms with Crippen molar-refractivity contribution in [2.45, 2.75) is 18.8 Å². The highest BCUT2D eigenvalue weighted by Crippen LogP contribution is 2.35. The van der Waals surface area contributed by atoms with E-state index >= 15 is 0 Å². The molecule has 100 valence electrons. The molecular formula is C13H19NO4. The molecule has 5 heteroatoms. The highest BCUT2D eigenvalue weighted by atomic mass is 16.7. The number of methoxy groups -OCH3 is 2. The summed E-state index contributed by atoms with van der Waals surface area (Å²) < 4.78 is 21.5. The molecule has 1 saturated heterocycles. The maximum Gasteiger partial charge on any atom is 0.159 e. The SMILES string of the molecule is COc1cccc(OC)c1C(N)CC1OCCO1. The Balaban J connectivity index is 2.18. The third-order valence-corrected chi connectivity index (χ3v) is 2.97. The van der Waals surface area contributed by atoms with Gasteiger partial charge in [0.1, 0.15) is 11.5 Å². The first-order valence-corrected chi connectivity index (χ1v) is 5.96. The van der Waals surface area contributed by atoms with Gasteiger partial charge in [0.25, 0.3) is 0 Å². The lowest BCUT2D eigenvalue weighted by Gasteiger charge is -2.20. The molecule has 0 aliphatic carbocycles. The lowest BCUT2D eigenvalue weighted by Crippen LogP contribution is -2.20. The van der Waals surface area contributed by atoms with Crippen LogP contribution in [0.2, 0.25) is 0 Å². The van der Waals surface area contributed by atoms with Crippen molar-refractivity contribution in [3.8, 4) is 11.5 Å². The summed E-state index contributed by atoms with van der Waals surface area (Å²) in [6.45, 7) is 1.25. The highest BCUT2D eigenvalue weighted by molar-refractivity contribution is 5.46. The second kappa shape index (κ2) is 6.04. The van der Waals surface area contributed by atoms with E-state index in [-0.39, 0.29) is 12.3 Å². The minimum atomic E-state index is -0.251. The van der Waals surface area contributed by atoms with Crippen molar-refractivity contribution in [1.29, 1.82) is 0 Å². The first-order chi connectivity index (χ1) is 8.76. The van der Waals surface area contributed by atoms with Crippen molar-refractivity contribution in [2.75, 3.05) is 27.4 Å². The summed E-state index contributed by atoms with van der Waals surface area (Å²) in [7, 11) is 3.24. The molecule has 2 N–H and O–H groups in total. The second-order valence-electron chi connectivity index (χ2n) is 4.09. The summed E-state index contributed by atoms with van der Waals surface area (Å²) in [6, 6.07) is 5.36. The van der Waals surface area contributed by atoms with E-state index in [1.807, 2.05) is 18.2 Å². The Morgan fingerprint density at radius 3 is 2.28 bits per heavy atom. The smallest absolute Gasteiger partial charge is 0.159 e. The van der Waals surface area contributed by atoms with Crippen LogP contribution in [-0.2, 0) is 9.47 Å². The molecule has 1 aliphatic rings. The fourth-order valence-corrected chi connectivity index (χ4v) is 2.11. The lowest BCUT2D eigenvalue weighted by molar-refractivity contribution is -0.0509. The summed E-state index contributed by atoms with van der Waals surface area (Å²) in [5.74, 6) is 1.44. The first-order valence-electron chi connectivity index (χ1n) is 5.96. The predicted octanol–water partition coefficient (Wildman–Crippen LogP) is 1.47. The van der Waals surface area contributed by atoms with Crippen LogP contribution >= 0.6 is 0 Å². The van der Waals surface area contributed by atoms with Gasteiger partial charge in [-0.1, -0.05) is 6.07 Å². The Labute approximate surface area is 107 Å². The molecule has 18 heavy (non-hydrogen) atoms. The van der Waals surface area contributed by atoms with E-state index in [4.69, 9.17) is 24.7 Å². The monoisotopic (exact) mass is 253 g/mol. The predicted molar refractivity (Wildman–Crippen MR) is 66.8 cm³/mol. The molecule has 1 atom stereocenters. The Kier molecular flexibility index (Phi) is 4.41. The fourth-order valence-electron chi connectivity index (χ4n) is 2.11. The van der Waals surface area contributed by atoms with Gasteiger partial charge in [-0.3, -0.25) is 0 Å². The zero-order valence-corrected chi connectivity index (χ0v) is 10.7. The number of nitrogens with two attached hydrogens (primary N) is 1. The summed E-state index contributed by atoms with van der Waals surface area (Å²) in [4.78, 5) is 0. The molecule has 0 aromatic heterocycles. The third kappa shape index (κ3) is 2.75. The summed E-state index contributed by atoms with van der Waals surface area (Å²) in [5.41, 5.74) is 7.06. The van der Waals surface area contributed by atoms with Crippen LogP contribution < -0.4 is 15.2 Å². The summed E-state index contributed by atoms with van der Waals surface area (Å²) in [5, 5.41) is 0. The van der Waals surface area contributed by atoms with E-state index < -0.39 is 0 Å². The van der Waals surface area contributed by atoms with E-state index in [1.54, 1.807) is 14.2 Å². The van der Waals surface area contributed by atoms with Crippen molar-refractivity contribution in [2.24, 2.45) is 5.73 Å². The normalized spacial score (nSPS) is 17.7. The minimum Gasteiger partial charge on any atom is -0.496 e. The number of rotatable bonds is 5. The van der Waals surface area contributed by atoms with Crippen molar-refractivity contribution >= 4 is 0 Å². The molecular weight excluding hydrogens is 234 g/mol. The van der Waals surface area contributed by atoms with E-state index in [1.165, 1.54) is 0 Å². The molecule has 1 aliphatic heterocycles. The maximum atomic E-state index is 6.21. The van der Waals surface area contributed by atoms with Gasteiger partial charge in [0.05, 0.1) is 33.0 Å². The van der Waals surface area contributed by atoms with Crippen LogP contribution in [0.5, 0.6) is 11.5 Å². The number of ether oxygens (including phenoxy) is 4. The molecule has 1 unspecified atom stereocenters. The van der Waals surface area contributed by atoms with E-state index in [0.717, 1.165) is 17.1 Å². The molecule has 5 nitrogen and oxygen atoms in total. The Bertz CT molecular complexity index is 368. The topological polar surface area (TPSA) is 62.9 Å². The third-order valence-electron chi connectivity index (χ3n) is 2.97. The van der Waals surface area contributed by atoms with Gasteiger partial charge in [-0.15, -0.1) is 0 Å². The van der Waals surface area contributed by atoms with E-state index in [9.17, 15) is 0 Å². The lowest BCUT2D eigenvalue weighted by atomic mass is 10.0. The van der Waals surface area contributed by atoms with Crippen molar-refractivity contribution in [3.05, 3.63) is 23.8 Å². The van der Waals surface area contributed by atoms with Crippen LogP contribution in [0.15, 0.2) is 18.2 Å². The molecule has 1 aromatic carbocycles. The van der Waals surface area contributed by atoms with Gasteiger partial charge >= 0.3 is 0 Å². The van der Waals surface area contributed by atoms with Gasteiger partial charge in [-0.05, 0) is 12.1 Å². The van der Waals surface area contributed by atoms with Gasteiger partial charge in [0.2, 0.25) is 0 Å². The average molecular weight is 253 g/mol. The second-order valence-corrected chi connectivity index (χ2v) is 4.09. The van der Waals surface area contributed by atoms with Crippen molar-refractivity contribution in [1.82, 2.24) is 0 Å². The Morgan fingerprint density at radius 1 is 1.22 bits per heavy atom. The van der Waals surface area contributed by atoms with Crippen molar-refractivity contribution < 1.29 is 18.9 Å². The molecule has 0 amide bonds. The average Bonchev–Trinajstić information content (AvgIpc) is 2.90. The van der Waals surface area contributed by atoms with Gasteiger partial charge < -0.3 is 24.7 Å². The zero-order chi connectivity index (χ0) is 13.0. The van der Waals surface area contributed by atoms with Gasteiger partial charge in [-0.2, -0.15) is 0 Å². The fraction of sp³-hybridized carbons (Fsp3) is 0.538. The molecule has 0 saturated carbocycles. The molecule has 2 rings (SSSR count). The standard InChI is InChI=1S/C13H19NO4/c1-15-10-4-3-5-11(16-2)13(10)9(14)8-12-17-6-7-18-12/h3-5,9,12H,6-8,14H2,1-2H3. The van der Waals surface area contributed by atoms with Crippen LogP contribution in [0.1, 0.15) is 18.0 Å². The van der Waals surface area contributed by atoms with Gasteiger partial charge in [-0.25, -0.2) is 0 Å². The quantitative estimate of drug-likeness (QED) is 0.861. The largest absolute Gasteiger partial charge is 0.496 e. The van der Waals surface area contributed by atoms with Gasteiger partial charge in [0.15, 0.2) is 6.29 Å². The van der Waals surface area contributed by atoms with Crippen LogP contribution in [-0.4, -0.2) is 33.7 Å². The summed E-state index contributed by atoms with van der Waals surface area (Å²) >= 11 is 0. The number of benzene rings is 1. The molecule has 1 heterocycles. The van der Waals surface area contributed by atoms with Crippen LogP contribution in [0.4, 0.5) is 0 Å². The molecule has 0 bridgehead atoms. The number of hydrogen-bond donors (Lipinski definition) is 1. The number of hydrogen-bond acceptors (Lipinski definition) is 5. The van der Waals surface area contributed by atoms with Crippen molar-refractivity contribution in [3.63, 3.8) is 0 Å². The van der Waals surface area contributed by atoms with Gasteiger partial charge in [0, 0.05) is 12.5 Å². The summed E-state index contributed by atoms with van der Waals surface area (Å²) in [6.07, 6.45) is 0.339. The van der Waals surface area contributed by atoms with Crippen LogP contribution in [0.25, 0.3) is 0 Å². The van der Waals surface area contributed by atoms with E-state index in [0.29, 0.717) is 19.6 Å². The van der Waals surface area contributed by atoms with Crippen LogP contribution in [0, 0.1) is 0 Å². The molecule has 1 fully saturated rings.